The number of aryl methyl sites for hydroxylation is 2. The van der Waals surface area contributed by atoms with E-state index in [-0.39, 0.29) is 24.0 Å². The molecular formula is C19H20N4O5. The third kappa shape index (κ3) is 4.97. The number of rotatable bonds is 9. The number of ether oxygens (including phenoxy) is 1. The fraction of sp³-hybridized carbons (Fsp3) is 0.263. The fourth-order valence-electron chi connectivity index (χ4n) is 2.55. The highest BCUT2D eigenvalue weighted by molar-refractivity contribution is 5.91. The van der Waals surface area contributed by atoms with Gasteiger partial charge in [-0.1, -0.05) is 0 Å². The van der Waals surface area contributed by atoms with Crippen molar-refractivity contribution < 1.29 is 18.9 Å². The first-order valence-electron chi connectivity index (χ1n) is 8.75. The summed E-state index contributed by atoms with van der Waals surface area (Å²) in [4.78, 5) is 22.3. The van der Waals surface area contributed by atoms with Crippen molar-refractivity contribution in [3.05, 3.63) is 76.0 Å². The van der Waals surface area contributed by atoms with E-state index in [0.717, 1.165) is 18.7 Å². The monoisotopic (exact) mass is 384 g/mol. The minimum absolute atomic E-state index is 0.00739. The van der Waals surface area contributed by atoms with Crippen LogP contribution in [0.3, 0.4) is 0 Å². The number of carbonyl (C=O) groups excluding carboxylic acids is 1. The summed E-state index contributed by atoms with van der Waals surface area (Å²) < 4.78 is 12.9. The number of aromatic nitrogens is 2. The van der Waals surface area contributed by atoms with E-state index in [1.165, 1.54) is 24.3 Å². The molecule has 0 unspecified atom stereocenters. The number of nitro benzene ring substituents is 1. The number of hydrogen-bond acceptors (Lipinski definition) is 6. The van der Waals surface area contributed by atoms with Crippen LogP contribution in [0.1, 0.15) is 28.4 Å². The SMILES string of the molecule is Cc1ccnn1CCCNC(=O)c1ccc(COc2ccc([N+](=O)[O-])cc2)o1. The van der Waals surface area contributed by atoms with Gasteiger partial charge in [-0.05, 0) is 43.7 Å². The Morgan fingerprint density at radius 1 is 1.25 bits per heavy atom. The number of nitrogens with one attached hydrogen (secondary N) is 1. The molecule has 3 rings (SSSR count). The van der Waals surface area contributed by atoms with Crippen molar-refractivity contribution in [2.24, 2.45) is 0 Å². The fourth-order valence-corrected chi connectivity index (χ4v) is 2.55. The normalized spacial score (nSPS) is 10.6. The van der Waals surface area contributed by atoms with Crippen LogP contribution in [-0.2, 0) is 13.2 Å². The number of amides is 1. The maximum Gasteiger partial charge on any atom is 0.286 e. The summed E-state index contributed by atoms with van der Waals surface area (Å²) in [5, 5.41) is 17.6. The number of nitrogens with zero attached hydrogens (tertiary/aromatic N) is 3. The molecule has 0 aliphatic carbocycles. The summed E-state index contributed by atoms with van der Waals surface area (Å²) >= 11 is 0. The van der Waals surface area contributed by atoms with E-state index >= 15 is 0 Å². The molecule has 9 nitrogen and oxygen atoms in total. The van der Waals surface area contributed by atoms with Crippen molar-refractivity contribution in [2.75, 3.05) is 6.54 Å². The number of carbonyl (C=O) groups is 1. The molecule has 0 saturated heterocycles. The first kappa shape index (κ1) is 19.2. The zero-order chi connectivity index (χ0) is 19.9. The summed E-state index contributed by atoms with van der Waals surface area (Å²) in [5.41, 5.74) is 1.07. The first-order valence-corrected chi connectivity index (χ1v) is 8.75. The van der Waals surface area contributed by atoms with Gasteiger partial charge in [0.25, 0.3) is 11.6 Å². The average molecular weight is 384 g/mol. The van der Waals surface area contributed by atoms with E-state index in [9.17, 15) is 14.9 Å². The number of non-ortho nitro benzene ring substituents is 1. The van der Waals surface area contributed by atoms with Crippen LogP contribution in [0.25, 0.3) is 0 Å². The van der Waals surface area contributed by atoms with Crippen LogP contribution in [0.4, 0.5) is 5.69 Å². The standard InChI is InChI=1S/C19H20N4O5/c1-14-9-11-21-22(14)12-2-10-20-19(24)18-8-7-17(28-18)13-27-16-5-3-15(4-6-16)23(25)26/h3-9,11H,2,10,12-13H2,1H3,(H,20,24). The number of nitro groups is 1. The average Bonchev–Trinajstić information content (AvgIpc) is 3.33. The minimum atomic E-state index is -0.475. The highest BCUT2D eigenvalue weighted by Gasteiger charge is 2.11. The molecular weight excluding hydrogens is 364 g/mol. The number of benzene rings is 1. The molecule has 0 aliphatic heterocycles. The van der Waals surface area contributed by atoms with E-state index in [2.05, 4.69) is 10.4 Å². The van der Waals surface area contributed by atoms with Gasteiger partial charge in [0.15, 0.2) is 5.76 Å². The van der Waals surface area contributed by atoms with Crippen LogP contribution in [0.15, 0.2) is 53.1 Å². The zero-order valence-corrected chi connectivity index (χ0v) is 15.3. The molecule has 0 radical (unpaired) electrons. The second-order valence-electron chi connectivity index (χ2n) is 6.11. The summed E-state index contributed by atoms with van der Waals surface area (Å²) in [6.45, 7) is 3.33. The molecule has 1 N–H and O–H groups in total. The quantitative estimate of drug-likeness (QED) is 0.345. The lowest BCUT2D eigenvalue weighted by atomic mass is 10.3. The molecule has 3 aromatic rings. The summed E-state index contributed by atoms with van der Waals surface area (Å²) in [5.74, 6) is 0.869. The van der Waals surface area contributed by atoms with Crippen LogP contribution in [0.5, 0.6) is 5.75 Å². The van der Waals surface area contributed by atoms with Crippen LogP contribution < -0.4 is 10.1 Å². The van der Waals surface area contributed by atoms with Gasteiger partial charge >= 0.3 is 0 Å². The van der Waals surface area contributed by atoms with Gasteiger partial charge in [-0.25, -0.2) is 0 Å². The molecule has 0 bridgehead atoms. The predicted molar refractivity (Wildman–Crippen MR) is 100 cm³/mol. The van der Waals surface area contributed by atoms with Crippen molar-refractivity contribution in [3.63, 3.8) is 0 Å². The van der Waals surface area contributed by atoms with Crippen LogP contribution in [0, 0.1) is 17.0 Å². The Kier molecular flexibility index (Phi) is 6.05. The Hall–Kier alpha value is -3.62. The second kappa shape index (κ2) is 8.85. The highest BCUT2D eigenvalue weighted by Crippen LogP contribution is 2.19. The first-order chi connectivity index (χ1) is 13.5. The molecule has 0 fully saturated rings. The Balaban J connectivity index is 1.43. The molecule has 2 aromatic heterocycles. The maximum absolute atomic E-state index is 12.1. The van der Waals surface area contributed by atoms with Gasteiger partial charge in [0.1, 0.15) is 18.1 Å². The van der Waals surface area contributed by atoms with Gasteiger partial charge in [-0.3, -0.25) is 19.6 Å². The lowest BCUT2D eigenvalue weighted by Crippen LogP contribution is -2.25. The smallest absolute Gasteiger partial charge is 0.286 e. The van der Waals surface area contributed by atoms with Gasteiger partial charge in [0.2, 0.25) is 0 Å². The van der Waals surface area contributed by atoms with Gasteiger partial charge in [0, 0.05) is 37.1 Å². The van der Waals surface area contributed by atoms with Gasteiger partial charge < -0.3 is 14.5 Å². The van der Waals surface area contributed by atoms with E-state index in [4.69, 9.17) is 9.15 Å². The van der Waals surface area contributed by atoms with E-state index in [0.29, 0.717) is 18.1 Å². The minimum Gasteiger partial charge on any atom is -0.486 e. The largest absolute Gasteiger partial charge is 0.486 e. The van der Waals surface area contributed by atoms with Gasteiger partial charge in [-0.15, -0.1) is 0 Å². The van der Waals surface area contributed by atoms with Gasteiger partial charge in [0.05, 0.1) is 4.92 Å². The molecule has 28 heavy (non-hydrogen) atoms. The maximum atomic E-state index is 12.1. The van der Waals surface area contributed by atoms with Crippen LogP contribution >= 0.6 is 0 Å². The lowest BCUT2D eigenvalue weighted by Gasteiger charge is -2.06. The van der Waals surface area contributed by atoms with Crippen molar-refractivity contribution in [3.8, 4) is 5.75 Å². The third-order valence-corrected chi connectivity index (χ3v) is 4.08. The molecule has 0 atom stereocenters. The summed E-state index contributed by atoms with van der Waals surface area (Å²) in [6, 6.07) is 10.9. The summed E-state index contributed by atoms with van der Waals surface area (Å²) in [7, 11) is 0. The van der Waals surface area contributed by atoms with E-state index in [1.807, 2.05) is 17.7 Å². The number of furan rings is 1. The van der Waals surface area contributed by atoms with Crippen molar-refractivity contribution in [1.29, 1.82) is 0 Å². The van der Waals surface area contributed by atoms with Crippen molar-refractivity contribution in [1.82, 2.24) is 15.1 Å². The second-order valence-corrected chi connectivity index (χ2v) is 6.11. The number of hydrogen-bond donors (Lipinski definition) is 1. The predicted octanol–water partition coefficient (Wildman–Crippen LogP) is 3.09. The van der Waals surface area contributed by atoms with Crippen LogP contribution in [-0.4, -0.2) is 27.2 Å². The highest BCUT2D eigenvalue weighted by atomic mass is 16.6. The molecule has 146 valence electrons. The molecule has 0 aliphatic rings. The molecule has 2 heterocycles. The Bertz CT molecular complexity index is 945. The topological polar surface area (TPSA) is 112 Å². The van der Waals surface area contributed by atoms with E-state index < -0.39 is 4.92 Å². The Morgan fingerprint density at radius 3 is 2.71 bits per heavy atom. The Morgan fingerprint density at radius 2 is 2.04 bits per heavy atom. The molecule has 1 aromatic carbocycles. The van der Waals surface area contributed by atoms with Crippen LogP contribution in [0.2, 0.25) is 0 Å². The lowest BCUT2D eigenvalue weighted by molar-refractivity contribution is -0.384. The molecule has 9 heteroatoms. The molecule has 0 saturated carbocycles. The van der Waals surface area contributed by atoms with E-state index in [1.54, 1.807) is 18.3 Å². The van der Waals surface area contributed by atoms with Crippen molar-refractivity contribution >= 4 is 11.6 Å². The van der Waals surface area contributed by atoms with Crippen molar-refractivity contribution in [2.45, 2.75) is 26.5 Å². The Labute approximate surface area is 161 Å². The zero-order valence-electron chi connectivity index (χ0n) is 15.3. The third-order valence-electron chi connectivity index (χ3n) is 4.08. The summed E-state index contributed by atoms with van der Waals surface area (Å²) in [6.07, 6.45) is 2.50. The molecule has 1 amide bonds. The molecule has 0 spiro atoms. The van der Waals surface area contributed by atoms with Gasteiger partial charge in [-0.2, -0.15) is 5.10 Å².